The van der Waals surface area contributed by atoms with Crippen LogP contribution < -0.4 is 16.6 Å². The number of aromatic nitrogens is 3. The number of aryl methyl sites for hydroxylation is 1. The van der Waals surface area contributed by atoms with Crippen LogP contribution in [0.25, 0.3) is 11.0 Å². The monoisotopic (exact) mass is 371 g/mol. The number of nitrogens with zero attached hydrogens (tertiary/aromatic N) is 4. The molecule has 3 aromatic heterocycles. The van der Waals surface area contributed by atoms with Crippen LogP contribution in [0.1, 0.15) is 10.6 Å². The number of rotatable bonds is 4. The lowest BCUT2D eigenvalue weighted by molar-refractivity contribution is -0.116. The molecule has 0 radical (unpaired) electrons. The van der Waals surface area contributed by atoms with Crippen LogP contribution in [0, 0.1) is 0 Å². The molecule has 0 aliphatic heterocycles. The van der Waals surface area contributed by atoms with Gasteiger partial charge in [0.2, 0.25) is 5.91 Å². The number of anilines is 1. The lowest BCUT2D eigenvalue weighted by Gasteiger charge is -2.15. The summed E-state index contributed by atoms with van der Waals surface area (Å²) >= 11 is 0. The second kappa shape index (κ2) is 6.90. The normalized spacial score (nSPS) is 10.8. The molecule has 0 saturated carbocycles. The van der Waals surface area contributed by atoms with Gasteiger partial charge in [-0.25, -0.2) is 9.78 Å². The summed E-state index contributed by atoms with van der Waals surface area (Å²) in [6.45, 7) is -0.219. The van der Waals surface area contributed by atoms with Gasteiger partial charge in [-0.15, -0.1) is 0 Å². The fourth-order valence-electron chi connectivity index (χ4n) is 2.61. The van der Waals surface area contributed by atoms with Crippen LogP contribution >= 0.6 is 0 Å². The molecular formula is C17H17N5O5. The first kappa shape index (κ1) is 18.1. The van der Waals surface area contributed by atoms with Crippen molar-refractivity contribution in [1.82, 2.24) is 19.0 Å². The number of pyridine rings is 1. The summed E-state index contributed by atoms with van der Waals surface area (Å²) in [5.41, 5.74) is -0.509. The van der Waals surface area contributed by atoms with Crippen LogP contribution in [-0.4, -0.2) is 44.4 Å². The van der Waals surface area contributed by atoms with Gasteiger partial charge in [0.05, 0.1) is 30.1 Å². The molecule has 0 bridgehead atoms. The van der Waals surface area contributed by atoms with Crippen molar-refractivity contribution >= 4 is 28.5 Å². The van der Waals surface area contributed by atoms with Gasteiger partial charge in [-0.3, -0.25) is 23.5 Å². The third-order valence-corrected chi connectivity index (χ3v) is 4.04. The minimum atomic E-state index is -0.512. The molecule has 27 heavy (non-hydrogen) atoms. The third-order valence-electron chi connectivity index (χ3n) is 4.04. The number of fused-ring (bicyclic) bond motifs is 1. The van der Waals surface area contributed by atoms with Crippen LogP contribution in [0.15, 0.2) is 44.7 Å². The highest BCUT2D eigenvalue weighted by molar-refractivity contribution is 5.98. The second-order valence-corrected chi connectivity index (χ2v) is 5.99. The number of amides is 2. The zero-order valence-electron chi connectivity index (χ0n) is 14.9. The Morgan fingerprint density at radius 2 is 2.00 bits per heavy atom. The largest absolute Gasteiger partial charge is 0.459 e. The Hall–Kier alpha value is -3.69. The first-order chi connectivity index (χ1) is 12.8. The SMILES string of the molecule is CN(CC(=O)Nc1cnc2c(c1)c(=O)n(C)c(=O)n2C)C(=O)c1ccco1. The van der Waals surface area contributed by atoms with Gasteiger partial charge >= 0.3 is 5.69 Å². The molecule has 0 saturated heterocycles. The van der Waals surface area contributed by atoms with Crippen molar-refractivity contribution in [2.45, 2.75) is 0 Å². The summed E-state index contributed by atoms with van der Waals surface area (Å²) in [5.74, 6) is -0.780. The molecule has 0 atom stereocenters. The zero-order valence-corrected chi connectivity index (χ0v) is 14.9. The van der Waals surface area contributed by atoms with E-state index in [-0.39, 0.29) is 29.0 Å². The summed E-state index contributed by atoms with van der Waals surface area (Å²) in [7, 11) is 4.34. The number of furan rings is 1. The summed E-state index contributed by atoms with van der Waals surface area (Å²) in [6, 6.07) is 4.52. The molecule has 3 aromatic rings. The average Bonchev–Trinajstić information content (AvgIpc) is 3.18. The molecule has 0 aromatic carbocycles. The van der Waals surface area contributed by atoms with Crippen molar-refractivity contribution in [3.05, 3.63) is 57.3 Å². The van der Waals surface area contributed by atoms with E-state index in [0.29, 0.717) is 0 Å². The number of hydrogen-bond donors (Lipinski definition) is 1. The van der Waals surface area contributed by atoms with E-state index in [2.05, 4.69) is 10.3 Å². The van der Waals surface area contributed by atoms with Gasteiger partial charge in [-0.05, 0) is 18.2 Å². The number of carbonyl (C=O) groups excluding carboxylic acids is 2. The van der Waals surface area contributed by atoms with Crippen LogP contribution in [0.3, 0.4) is 0 Å². The Morgan fingerprint density at radius 1 is 1.26 bits per heavy atom. The molecule has 0 aliphatic rings. The van der Waals surface area contributed by atoms with Crippen LogP contribution in [0.4, 0.5) is 5.69 Å². The molecule has 0 aliphatic carbocycles. The summed E-state index contributed by atoms with van der Waals surface area (Å²) in [6.07, 6.45) is 2.71. The van der Waals surface area contributed by atoms with Gasteiger partial charge in [-0.2, -0.15) is 0 Å². The Morgan fingerprint density at radius 3 is 2.67 bits per heavy atom. The van der Waals surface area contributed by atoms with Crippen molar-refractivity contribution in [2.24, 2.45) is 14.1 Å². The number of carbonyl (C=O) groups is 2. The minimum absolute atomic E-state index is 0.127. The van der Waals surface area contributed by atoms with Gasteiger partial charge in [-0.1, -0.05) is 0 Å². The van der Waals surface area contributed by atoms with Crippen molar-refractivity contribution < 1.29 is 14.0 Å². The summed E-state index contributed by atoms with van der Waals surface area (Å²) in [4.78, 5) is 53.8. The Balaban J connectivity index is 1.80. The number of hydrogen-bond acceptors (Lipinski definition) is 6. The van der Waals surface area contributed by atoms with Gasteiger partial charge in [0, 0.05) is 21.1 Å². The van der Waals surface area contributed by atoms with E-state index in [1.54, 1.807) is 6.07 Å². The fraction of sp³-hybridized carbons (Fsp3) is 0.235. The van der Waals surface area contributed by atoms with Crippen molar-refractivity contribution in [1.29, 1.82) is 0 Å². The Bertz CT molecular complexity index is 1140. The van der Waals surface area contributed by atoms with E-state index in [1.165, 1.54) is 55.2 Å². The first-order valence-electron chi connectivity index (χ1n) is 7.94. The molecular weight excluding hydrogens is 354 g/mol. The van der Waals surface area contributed by atoms with Crippen LogP contribution in [-0.2, 0) is 18.9 Å². The maximum absolute atomic E-state index is 12.3. The minimum Gasteiger partial charge on any atom is -0.459 e. The van der Waals surface area contributed by atoms with E-state index >= 15 is 0 Å². The predicted octanol–water partition coefficient (Wildman–Crippen LogP) is -0.0641. The van der Waals surface area contributed by atoms with Crippen molar-refractivity contribution in [3.63, 3.8) is 0 Å². The highest BCUT2D eigenvalue weighted by Crippen LogP contribution is 2.12. The highest BCUT2D eigenvalue weighted by atomic mass is 16.3. The highest BCUT2D eigenvalue weighted by Gasteiger charge is 2.18. The fourth-order valence-corrected chi connectivity index (χ4v) is 2.61. The van der Waals surface area contributed by atoms with Crippen molar-refractivity contribution in [2.75, 3.05) is 18.9 Å². The van der Waals surface area contributed by atoms with E-state index in [9.17, 15) is 19.2 Å². The molecule has 0 spiro atoms. The lowest BCUT2D eigenvalue weighted by Crippen LogP contribution is -2.37. The second-order valence-electron chi connectivity index (χ2n) is 5.99. The van der Waals surface area contributed by atoms with Gasteiger partial charge in [0.25, 0.3) is 11.5 Å². The topological polar surface area (TPSA) is 119 Å². The van der Waals surface area contributed by atoms with E-state index < -0.39 is 23.1 Å². The first-order valence-corrected chi connectivity index (χ1v) is 7.94. The van der Waals surface area contributed by atoms with Crippen LogP contribution in [0.5, 0.6) is 0 Å². The maximum Gasteiger partial charge on any atom is 0.332 e. The molecule has 10 nitrogen and oxygen atoms in total. The Labute approximate surface area is 152 Å². The molecule has 0 unspecified atom stereocenters. The average molecular weight is 371 g/mol. The molecule has 3 rings (SSSR count). The molecule has 3 heterocycles. The molecule has 140 valence electrons. The zero-order chi connectivity index (χ0) is 19.7. The number of likely N-dealkylation sites (N-methyl/N-ethyl adjacent to an activating group) is 1. The van der Waals surface area contributed by atoms with E-state index in [4.69, 9.17) is 4.42 Å². The Kier molecular flexibility index (Phi) is 4.63. The molecule has 10 heteroatoms. The summed E-state index contributed by atoms with van der Waals surface area (Å²) < 4.78 is 7.22. The molecule has 1 N–H and O–H groups in total. The molecule has 0 fully saturated rings. The van der Waals surface area contributed by atoms with Gasteiger partial charge in [0.15, 0.2) is 5.76 Å². The van der Waals surface area contributed by atoms with E-state index in [1.807, 2.05) is 0 Å². The van der Waals surface area contributed by atoms with Gasteiger partial charge in [0.1, 0.15) is 5.65 Å². The summed E-state index contributed by atoms with van der Waals surface area (Å²) in [5, 5.41) is 2.78. The van der Waals surface area contributed by atoms with Gasteiger partial charge < -0.3 is 14.6 Å². The van der Waals surface area contributed by atoms with Crippen molar-refractivity contribution in [3.8, 4) is 0 Å². The maximum atomic E-state index is 12.3. The predicted molar refractivity (Wildman–Crippen MR) is 96.5 cm³/mol. The number of nitrogens with one attached hydrogen (secondary N) is 1. The smallest absolute Gasteiger partial charge is 0.332 e. The lowest BCUT2D eigenvalue weighted by atomic mass is 10.3. The van der Waals surface area contributed by atoms with Crippen LogP contribution in [0.2, 0.25) is 0 Å². The quantitative estimate of drug-likeness (QED) is 0.686. The third kappa shape index (κ3) is 3.36. The standard InChI is InChI=1S/C17H17N5O5/c1-20(16(25)12-5-4-6-27-12)9-13(23)19-10-7-11-14(18-8-10)21(2)17(26)22(3)15(11)24/h4-8H,9H2,1-3H3,(H,19,23). The van der Waals surface area contributed by atoms with E-state index in [0.717, 1.165) is 4.57 Å². The molecule has 2 amide bonds.